The van der Waals surface area contributed by atoms with E-state index in [9.17, 15) is 0 Å². The molecule has 12 heavy (non-hydrogen) atoms. The van der Waals surface area contributed by atoms with E-state index in [1.807, 2.05) is 14.0 Å². The lowest BCUT2D eigenvalue weighted by molar-refractivity contribution is 0.650. The van der Waals surface area contributed by atoms with Crippen LogP contribution in [0.5, 0.6) is 0 Å². The van der Waals surface area contributed by atoms with E-state index in [1.165, 1.54) is 0 Å². The van der Waals surface area contributed by atoms with Gasteiger partial charge in [-0.05, 0) is 20.0 Å². The van der Waals surface area contributed by atoms with Gasteiger partial charge in [0.05, 0.1) is 0 Å². The van der Waals surface area contributed by atoms with Crippen molar-refractivity contribution in [2.45, 2.75) is 13.0 Å². The maximum absolute atomic E-state index is 5.94. The van der Waals surface area contributed by atoms with Crippen molar-refractivity contribution in [1.29, 1.82) is 0 Å². The molecule has 1 rings (SSSR count). The summed E-state index contributed by atoms with van der Waals surface area (Å²) in [6.07, 6.45) is 1.59. The van der Waals surface area contributed by atoms with E-state index < -0.39 is 0 Å². The van der Waals surface area contributed by atoms with Crippen molar-refractivity contribution in [3.8, 4) is 0 Å². The summed E-state index contributed by atoms with van der Waals surface area (Å²) in [7, 11) is 1.85. The molecule has 1 aromatic rings. The van der Waals surface area contributed by atoms with E-state index in [0.29, 0.717) is 10.2 Å². The Morgan fingerprint density at radius 3 is 2.67 bits per heavy atom. The standard InChI is InChI=1S/C8H10Cl2N2/c1-5(11-2)7-6(9)3-4-12-8(7)10/h3-5,11H,1-2H3. The molecule has 0 spiro atoms. The molecule has 1 heterocycles. The minimum absolute atomic E-state index is 0.124. The van der Waals surface area contributed by atoms with Gasteiger partial charge in [-0.3, -0.25) is 0 Å². The second-order valence-electron chi connectivity index (χ2n) is 2.51. The Hall–Kier alpha value is -0.310. The Morgan fingerprint density at radius 1 is 1.50 bits per heavy atom. The summed E-state index contributed by atoms with van der Waals surface area (Å²) in [5, 5.41) is 4.17. The van der Waals surface area contributed by atoms with Crippen LogP contribution in [-0.2, 0) is 0 Å². The molecule has 0 fully saturated rings. The van der Waals surface area contributed by atoms with Crippen molar-refractivity contribution >= 4 is 23.2 Å². The number of halogens is 2. The first-order valence-electron chi connectivity index (χ1n) is 3.64. The number of nitrogens with zero attached hydrogens (tertiary/aromatic N) is 1. The highest BCUT2D eigenvalue weighted by Crippen LogP contribution is 2.27. The van der Waals surface area contributed by atoms with Gasteiger partial charge in [0, 0.05) is 22.8 Å². The molecule has 0 amide bonds. The van der Waals surface area contributed by atoms with Crippen molar-refractivity contribution < 1.29 is 0 Å². The maximum Gasteiger partial charge on any atom is 0.135 e. The van der Waals surface area contributed by atoms with Gasteiger partial charge in [0.2, 0.25) is 0 Å². The number of aromatic nitrogens is 1. The van der Waals surface area contributed by atoms with Crippen LogP contribution in [0.2, 0.25) is 10.2 Å². The molecule has 0 aromatic carbocycles. The van der Waals surface area contributed by atoms with E-state index in [-0.39, 0.29) is 6.04 Å². The van der Waals surface area contributed by atoms with E-state index in [4.69, 9.17) is 23.2 Å². The Morgan fingerprint density at radius 2 is 2.17 bits per heavy atom. The zero-order valence-electron chi connectivity index (χ0n) is 6.94. The van der Waals surface area contributed by atoms with Crippen molar-refractivity contribution in [1.82, 2.24) is 10.3 Å². The number of hydrogen-bond donors (Lipinski definition) is 1. The minimum atomic E-state index is 0.124. The first-order chi connectivity index (χ1) is 5.66. The van der Waals surface area contributed by atoms with Crippen LogP contribution in [0.15, 0.2) is 12.3 Å². The lowest BCUT2D eigenvalue weighted by atomic mass is 10.1. The van der Waals surface area contributed by atoms with Gasteiger partial charge in [0.25, 0.3) is 0 Å². The number of nitrogens with one attached hydrogen (secondary N) is 1. The average Bonchev–Trinajstić information content (AvgIpc) is 2.03. The molecule has 2 nitrogen and oxygen atoms in total. The van der Waals surface area contributed by atoms with Gasteiger partial charge in [-0.2, -0.15) is 0 Å². The molecule has 0 aliphatic carbocycles. The Bertz CT molecular complexity index is 256. The molecule has 1 unspecified atom stereocenters. The first kappa shape index (κ1) is 9.78. The molecular formula is C8H10Cl2N2. The zero-order valence-corrected chi connectivity index (χ0v) is 8.45. The third-order valence-electron chi connectivity index (χ3n) is 1.75. The van der Waals surface area contributed by atoms with E-state index in [1.54, 1.807) is 12.3 Å². The van der Waals surface area contributed by atoms with Crippen molar-refractivity contribution in [2.24, 2.45) is 0 Å². The summed E-state index contributed by atoms with van der Waals surface area (Å²) in [6, 6.07) is 1.86. The summed E-state index contributed by atoms with van der Waals surface area (Å²) in [6.45, 7) is 1.98. The SMILES string of the molecule is CNC(C)c1c(Cl)ccnc1Cl. The lowest BCUT2D eigenvalue weighted by Crippen LogP contribution is -2.13. The van der Waals surface area contributed by atoms with Crippen molar-refractivity contribution in [3.05, 3.63) is 28.0 Å². The highest BCUT2D eigenvalue weighted by Gasteiger charge is 2.11. The molecular weight excluding hydrogens is 195 g/mol. The van der Waals surface area contributed by atoms with E-state index in [2.05, 4.69) is 10.3 Å². The molecule has 0 saturated carbocycles. The summed E-state index contributed by atoms with van der Waals surface area (Å²) in [5.41, 5.74) is 0.850. The predicted molar refractivity (Wildman–Crippen MR) is 51.7 cm³/mol. The van der Waals surface area contributed by atoms with Gasteiger partial charge in [0.15, 0.2) is 0 Å². The molecule has 0 radical (unpaired) electrons. The van der Waals surface area contributed by atoms with Gasteiger partial charge in [-0.25, -0.2) is 4.98 Å². The molecule has 0 aliphatic heterocycles. The summed E-state index contributed by atoms with van der Waals surface area (Å²) in [4.78, 5) is 3.95. The third kappa shape index (κ3) is 1.89. The molecule has 66 valence electrons. The summed E-state index contributed by atoms with van der Waals surface area (Å²) in [5.74, 6) is 0. The molecule has 4 heteroatoms. The Balaban J connectivity index is 3.12. The molecule has 0 saturated heterocycles. The number of pyridine rings is 1. The Labute approximate surface area is 81.9 Å². The largest absolute Gasteiger partial charge is 0.313 e. The lowest BCUT2D eigenvalue weighted by Gasteiger charge is -2.12. The normalized spacial score (nSPS) is 13.0. The molecule has 1 aromatic heterocycles. The van der Waals surface area contributed by atoms with Crippen LogP contribution in [0.1, 0.15) is 18.5 Å². The van der Waals surface area contributed by atoms with Crippen LogP contribution < -0.4 is 5.32 Å². The van der Waals surface area contributed by atoms with Crippen LogP contribution >= 0.6 is 23.2 Å². The van der Waals surface area contributed by atoms with Crippen LogP contribution in [-0.4, -0.2) is 12.0 Å². The second-order valence-corrected chi connectivity index (χ2v) is 3.27. The second kappa shape index (κ2) is 4.08. The van der Waals surface area contributed by atoms with Crippen molar-refractivity contribution in [3.63, 3.8) is 0 Å². The topological polar surface area (TPSA) is 24.9 Å². The molecule has 1 atom stereocenters. The Kier molecular flexibility index (Phi) is 3.32. The van der Waals surface area contributed by atoms with Gasteiger partial charge in [-0.1, -0.05) is 23.2 Å². The monoisotopic (exact) mass is 204 g/mol. The van der Waals surface area contributed by atoms with Gasteiger partial charge < -0.3 is 5.32 Å². The minimum Gasteiger partial charge on any atom is -0.313 e. The first-order valence-corrected chi connectivity index (χ1v) is 4.39. The maximum atomic E-state index is 5.94. The molecule has 0 bridgehead atoms. The third-order valence-corrected chi connectivity index (χ3v) is 2.39. The van der Waals surface area contributed by atoms with Gasteiger partial charge in [0.1, 0.15) is 5.15 Å². The van der Waals surface area contributed by atoms with Crippen LogP contribution in [0, 0.1) is 0 Å². The van der Waals surface area contributed by atoms with Crippen LogP contribution in [0.3, 0.4) is 0 Å². The zero-order chi connectivity index (χ0) is 9.14. The van der Waals surface area contributed by atoms with Crippen LogP contribution in [0.25, 0.3) is 0 Å². The van der Waals surface area contributed by atoms with Gasteiger partial charge in [-0.15, -0.1) is 0 Å². The quantitative estimate of drug-likeness (QED) is 0.750. The summed E-state index contributed by atoms with van der Waals surface area (Å²) < 4.78 is 0. The predicted octanol–water partition coefficient (Wildman–Crippen LogP) is 2.67. The summed E-state index contributed by atoms with van der Waals surface area (Å²) >= 11 is 11.8. The molecule has 0 aliphatic rings. The average molecular weight is 205 g/mol. The van der Waals surface area contributed by atoms with Gasteiger partial charge >= 0.3 is 0 Å². The van der Waals surface area contributed by atoms with Crippen LogP contribution in [0.4, 0.5) is 0 Å². The highest BCUT2D eigenvalue weighted by atomic mass is 35.5. The number of rotatable bonds is 2. The van der Waals surface area contributed by atoms with E-state index >= 15 is 0 Å². The van der Waals surface area contributed by atoms with E-state index in [0.717, 1.165) is 5.56 Å². The highest BCUT2D eigenvalue weighted by molar-refractivity contribution is 6.35. The number of hydrogen-bond acceptors (Lipinski definition) is 2. The molecule has 1 N–H and O–H groups in total. The fraction of sp³-hybridized carbons (Fsp3) is 0.375. The fourth-order valence-electron chi connectivity index (χ4n) is 0.956. The smallest absolute Gasteiger partial charge is 0.135 e. The van der Waals surface area contributed by atoms with Crippen molar-refractivity contribution in [2.75, 3.05) is 7.05 Å². The fourth-order valence-corrected chi connectivity index (χ4v) is 1.64.